The van der Waals surface area contributed by atoms with Gasteiger partial charge in [-0.3, -0.25) is 9.78 Å². The number of fused-ring (bicyclic) bond motifs is 1. The minimum atomic E-state index is -4.73. The maximum absolute atomic E-state index is 14.2. The molecule has 1 aromatic heterocycles. The summed E-state index contributed by atoms with van der Waals surface area (Å²) >= 11 is 0. The van der Waals surface area contributed by atoms with E-state index in [1.165, 1.54) is 23.4 Å². The summed E-state index contributed by atoms with van der Waals surface area (Å²) in [6.07, 6.45) is -0.898. The van der Waals surface area contributed by atoms with Crippen LogP contribution >= 0.6 is 0 Å². The van der Waals surface area contributed by atoms with Crippen LogP contribution in [0.2, 0.25) is 0 Å². The van der Waals surface area contributed by atoms with Crippen molar-refractivity contribution >= 4 is 21.6 Å². The summed E-state index contributed by atoms with van der Waals surface area (Å²) in [7, 11) is -2.32. The Bertz CT molecular complexity index is 1320. The van der Waals surface area contributed by atoms with Crippen LogP contribution in [0.5, 0.6) is 0 Å². The summed E-state index contributed by atoms with van der Waals surface area (Å²) in [5.74, 6) is -0.638. The van der Waals surface area contributed by atoms with Crippen LogP contribution in [0.3, 0.4) is 0 Å². The van der Waals surface area contributed by atoms with Gasteiger partial charge < -0.3 is 10.2 Å². The molecule has 1 unspecified atom stereocenters. The highest BCUT2D eigenvalue weighted by atomic mass is 32.2. The van der Waals surface area contributed by atoms with E-state index in [-0.39, 0.29) is 36.4 Å². The molecule has 2 N–H and O–H groups in total. The zero-order valence-electron chi connectivity index (χ0n) is 21.2. The number of hydrogen-bond donors (Lipinski definition) is 2. The second-order valence-corrected chi connectivity index (χ2v) is 13.3. The molecule has 1 heterocycles. The molecule has 37 heavy (non-hydrogen) atoms. The van der Waals surface area contributed by atoms with Gasteiger partial charge in [-0.25, -0.2) is 13.1 Å². The standard InChI is InChI=1S/C26H31F3N4O3S/c1-23(2)18-8-6-5-7-16(18)11-20(23)31-17-9-10-19(30-12-17)21(26(27,28)29)33(3)22(34)24-13-25(14-24,15-24)32-37(4,35)36/h5-10,12,20-21,31-32H,11,13-15H2,1-4H3/t20-,21?,24?,25?/m0/s1. The third kappa shape index (κ3) is 4.39. The lowest BCUT2D eigenvalue weighted by Crippen LogP contribution is -2.78. The molecule has 0 spiro atoms. The number of rotatable bonds is 7. The zero-order valence-corrected chi connectivity index (χ0v) is 22.0. The van der Waals surface area contributed by atoms with Gasteiger partial charge in [-0.05, 0) is 48.9 Å². The first-order valence-electron chi connectivity index (χ1n) is 12.2. The van der Waals surface area contributed by atoms with E-state index < -0.39 is 39.1 Å². The van der Waals surface area contributed by atoms with Crippen LogP contribution in [-0.2, 0) is 26.7 Å². The number of carbonyl (C=O) groups excluding carboxylic acids is 1. The topological polar surface area (TPSA) is 91.4 Å². The molecule has 1 aromatic carbocycles. The molecule has 11 heteroatoms. The summed E-state index contributed by atoms with van der Waals surface area (Å²) in [5.41, 5.74) is 1.00. The van der Waals surface area contributed by atoms with E-state index in [4.69, 9.17) is 0 Å². The van der Waals surface area contributed by atoms with Crippen LogP contribution in [0.15, 0.2) is 42.6 Å². The lowest BCUT2D eigenvalue weighted by molar-refractivity contribution is -0.213. The molecular formula is C26H31F3N4O3S. The minimum Gasteiger partial charge on any atom is -0.380 e. The molecule has 200 valence electrons. The molecule has 0 radical (unpaired) electrons. The number of alkyl halides is 3. The van der Waals surface area contributed by atoms with Crippen LogP contribution in [0, 0.1) is 5.41 Å². The second-order valence-electron chi connectivity index (χ2n) is 11.6. The molecular weight excluding hydrogens is 505 g/mol. The molecule has 6 rings (SSSR count). The maximum Gasteiger partial charge on any atom is 0.414 e. The summed E-state index contributed by atoms with van der Waals surface area (Å²) in [4.78, 5) is 18.0. The van der Waals surface area contributed by atoms with Crippen LogP contribution in [0.1, 0.15) is 56.0 Å². The van der Waals surface area contributed by atoms with Crippen LogP contribution in [0.4, 0.5) is 18.9 Å². The first-order valence-corrected chi connectivity index (χ1v) is 14.1. The first-order chi connectivity index (χ1) is 17.1. The van der Waals surface area contributed by atoms with Crippen molar-refractivity contribution in [2.45, 2.75) is 68.7 Å². The highest BCUT2D eigenvalue weighted by Crippen LogP contribution is 2.68. The number of pyridine rings is 1. The number of halogens is 3. The Morgan fingerprint density at radius 2 is 1.78 bits per heavy atom. The predicted octanol–water partition coefficient (Wildman–Crippen LogP) is 3.93. The largest absolute Gasteiger partial charge is 0.414 e. The molecule has 7 nitrogen and oxygen atoms in total. The number of hydrogen-bond acceptors (Lipinski definition) is 5. The van der Waals surface area contributed by atoms with E-state index in [1.54, 1.807) is 6.07 Å². The van der Waals surface area contributed by atoms with Crippen LogP contribution < -0.4 is 10.0 Å². The monoisotopic (exact) mass is 536 g/mol. The lowest BCUT2D eigenvalue weighted by Gasteiger charge is -2.69. The number of benzene rings is 1. The molecule has 1 amide bonds. The van der Waals surface area contributed by atoms with Gasteiger partial charge in [-0.2, -0.15) is 13.2 Å². The third-order valence-corrected chi connectivity index (χ3v) is 9.12. The Balaban J connectivity index is 1.30. The number of carbonyl (C=O) groups is 1. The fourth-order valence-corrected chi connectivity index (χ4v) is 7.67. The molecule has 3 fully saturated rings. The smallest absolute Gasteiger partial charge is 0.380 e. The fourth-order valence-electron chi connectivity index (χ4n) is 6.67. The summed E-state index contributed by atoms with van der Waals surface area (Å²) in [6.45, 7) is 4.28. The second kappa shape index (κ2) is 8.17. The van der Waals surface area contributed by atoms with Crippen molar-refractivity contribution in [1.82, 2.24) is 14.6 Å². The van der Waals surface area contributed by atoms with E-state index in [1.807, 2.05) is 12.1 Å². The Labute approximate surface area is 214 Å². The summed E-state index contributed by atoms with van der Waals surface area (Å²) < 4.78 is 68.2. The van der Waals surface area contributed by atoms with Crippen molar-refractivity contribution in [3.63, 3.8) is 0 Å². The van der Waals surface area contributed by atoms with Gasteiger partial charge in [-0.1, -0.05) is 38.1 Å². The quantitative estimate of drug-likeness (QED) is 0.560. The molecule has 0 saturated heterocycles. The summed E-state index contributed by atoms with van der Waals surface area (Å²) in [6, 6.07) is 8.93. The summed E-state index contributed by atoms with van der Waals surface area (Å²) in [5, 5.41) is 3.43. The van der Waals surface area contributed by atoms with Gasteiger partial charge in [0.05, 0.1) is 29.2 Å². The third-order valence-electron chi connectivity index (χ3n) is 8.32. The van der Waals surface area contributed by atoms with Crippen molar-refractivity contribution in [3.8, 4) is 0 Å². The van der Waals surface area contributed by atoms with Gasteiger partial charge in [-0.15, -0.1) is 0 Å². The molecule has 0 aliphatic heterocycles. The number of amides is 1. The fraction of sp³-hybridized carbons (Fsp3) is 0.538. The average Bonchev–Trinajstić information content (AvgIpc) is 2.99. The number of aromatic nitrogens is 1. The van der Waals surface area contributed by atoms with Crippen molar-refractivity contribution in [3.05, 3.63) is 59.4 Å². The molecule has 4 aliphatic carbocycles. The molecule has 2 atom stereocenters. The zero-order chi connectivity index (χ0) is 27.0. The van der Waals surface area contributed by atoms with E-state index in [9.17, 15) is 26.4 Å². The Kier molecular flexibility index (Phi) is 5.73. The minimum absolute atomic E-state index is 0.0531. The Morgan fingerprint density at radius 1 is 1.14 bits per heavy atom. The van der Waals surface area contributed by atoms with E-state index in [0.717, 1.165) is 24.6 Å². The molecule has 2 aromatic rings. The number of sulfonamides is 1. The van der Waals surface area contributed by atoms with Crippen molar-refractivity contribution in [2.75, 3.05) is 18.6 Å². The number of nitrogens with zero attached hydrogens (tertiary/aromatic N) is 2. The van der Waals surface area contributed by atoms with Crippen LogP contribution in [-0.4, -0.2) is 55.3 Å². The molecule has 4 aliphatic rings. The van der Waals surface area contributed by atoms with Crippen LogP contribution in [0.25, 0.3) is 0 Å². The van der Waals surface area contributed by atoms with Crippen molar-refractivity contribution in [1.29, 1.82) is 0 Å². The normalized spacial score (nSPS) is 28.5. The Morgan fingerprint density at radius 3 is 2.32 bits per heavy atom. The van der Waals surface area contributed by atoms with Gasteiger partial charge in [0.1, 0.15) is 0 Å². The number of anilines is 1. The van der Waals surface area contributed by atoms with Gasteiger partial charge in [0.2, 0.25) is 15.9 Å². The lowest BCUT2D eigenvalue weighted by atomic mass is 9.39. The first kappa shape index (κ1) is 26.0. The van der Waals surface area contributed by atoms with E-state index in [2.05, 4.69) is 41.0 Å². The van der Waals surface area contributed by atoms with Gasteiger partial charge >= 0.3 is 6.18 Å². The van der Waals surface area contributed by atoms with Gasteiger partial charge in [0.15, 0.2) is 6.04 Å². The SMILES string of the molecule is CN(C(=O)C12CC(NS(C)(=O)=O)(C1)C2)C(c1ccc(N[C@H]2Cc3ccccc3C2(C)C)cn1)C(F)(F)F. The van der Waals surface area contributed by atoms with Crippen molar-refractivity contribution in [2.24, 2.45) is 5.41 Å². The van der Waals surface area contributed by atoms with Crippen molar-refractivity contribution < 1.29 is 26.4 Å². The maximum atomic E-state index is 14.2. The van der Waals surface area contributed by atoms with E-state index >= 15 is 0 Å². The number of nitrogens with one attached hydrogen (secondary N) is 2. The van der Waals surface area contributed by atoms with Gasteiger partial charge in [0.25, 0.3) is 0 Å². The highest BCUT2D eigenvalue weighted by Gasteiger charge is 2.73. The average molecular weight is 537 g/mol. The highest BCUT2D eigenvalue weighted by molar-refractivity contribution is 7.88. The molecule has 3 saturated carbocycles. The molecule has 2 bridgehead atoms. The van der Waals surface area contributed by atoms with Gasteiger partial charge in [0, 0.05) is 24.0 Å². The Hall–Kier alpha value is -2.66. The predicted molar refractivity (Wildman–Crippen MR) is 133 cm³/mol. The van der Waals surface area contributed by atoms with E-state index in [0.29, 0.717) is 5.69 Å².